The first-order chi connectivity index (χ1) is 7.20. The Morgan fingerprint density at radius 1 is 1.53 bits per heavy atom. The minimum absolute atomic E-state index is 0.202. The second-order valence-corrected chi connectivity index (χ2v) is 4.40. The summed E-state index contributed by atoms with van der Waals surface area (Å²) in [5.74, 6) is -0.202. The van der Waals surface area contributed by atoms with E-state index in [1.165, 1.54) is 25.8 Å². The number of rotatable bonds is 6. The van der Waals surface area contributed by atoms with Crippen LogP contribution in [-0.2, 0) is 4.79 Å². The van der Waals surface area contributed by atoms with Gasteiger partial charge in [0.15, 0.2) is 0 Å². The third-order valence-corrected chi connectivity index (χ3v) is 3.08. The van der Waals surface area contributed by atoms with Crippen LogP contribution in [-0.4, -0.2) is 43.5 Å². The quantitative estimate of drug-likeness (QED) is 0.625. The van der Waals surface area contributed by atoms with E-state index in [9.17, 15) is 4.79 Å². The van der Waals surface area contributed by atoms with Gasteiger partial charge in [-0.15, -0.1) is 0 Å². The highest BCUT2D eigenvalue weighted by molar-refractivity contribution is 5.73. The van der Waals surface area contributed by atoms with E-state index in [0.717, 1.165) is 19.5 Å². The molecule has 0 aromatic heterocycles. The molecule has 3 N–H and O–H groups in total. The van der Waals surface area contributed by atoms with Crippen LogP contribution in [0.25, 0.3) is 0 Å². The van der Waals surface area contributed by atoms with Gasteiger partial charge in [-0.2, -0.15) is 0 Å². The Labute approximate surface area is 92.2 Å². The fraction of sp³-hybridized carbons (Fsp3) is 0.909. The molecule has 1 saturated heterocycles. The van der Waals surface area contributed by atoms with Crippen LogP contribution in [0, 0.1) is 0 Å². The van der Waals surface area contributed by atoms with E-state index in [0.29, 0.717) is 12.5 Å². The van der Waals surface area contributed by atoms with Gasteiger partial charge in [0.25, 0.3) is 0 Å². The van der Waals surface area contributed by atoms with Crippen LogP contribution in [0.3, 0.4) is 0 Å². The van der Waals surface area contributed by atoms with Crippen LogP contribution in [0.4, 0.5) is 0 Å². The van der Waals surface area contributed by atoms with Crippen molar-refractivity contribution in [1.82, 2.24) is 10.2 Å². The lowest BCUT2D eigenvalue weighted by Crippen LogP contribution is -2.43. The van der Waals surface area contributed by atoms with Crippen molar-refractivity contribution in [3.8, 4) is 0 Å². The van der Waals surface area contributed by atoms with Crippen LogP contribution < -0.4 is 11.1 Å². The van der Waals surface area contributed by atoms with Gasteiger partial charge >= 0.3 is 0 Å². The molecule has 4 heteroatoms. The van der Waals surface area contributed by atoms with Crippen molar-refractivity contribution < 1.29 is 4.79 Å². The van der Waals surface area contributed by atoms with Gasteiger partial charge in [-0.25, -0.2) is 0 Å². The van der Waals surface area contributed by atoms with E-state index in [1.54, 1.807) is 0 Å². The summed E-state index contributed by atoms with van der Waals surface area (Å²) in [5, 5.41) is 3.39. The monoisotopic (exact) mass is 213 g/mol. The van der Waals surface area contributed by atoms with E-state index < -0.39 is 0 Å². The standard InChI is InChI=1S/C11H23N3O/c1-14-8-3-2-5-10(14)9-13-7-4-6-11(12)15/h10,13H,2-9H2,1H3,(H2,12,15). The zero-order chi connectivity index (χ0) is 11.1. The highest BCUT2D eigenvalue weighted by Crippen LogP contribution is 2.13. The number of primary amides is 1. The summed E-state index contributed by atoms with van der Waals surface area (Å²) in [6, 6.07) is 0.673. The molecule has 4 nitrogen and oxygen atoms in total. The number of piperidine rings is 1. The minimum Gasteiger partial charge on any atom is -0.370 e. The molecule has 0 aromatic rings. The number of nitrogens with one attached hydrogen (secondary N) is 1. The molecule has 0 spiro atoms. The Bertz CT molecular complexity index is 196. The van der Waals surface area contributed by atoms with E-state index in [1.807, 2.05) is 0 Å². The van der Waals surface area contributed by atoms with Gasteiger partial charge in [-0.1, -0.05) is 6.42 Å². The van der Waals surface area contributed by atoms with Crippen molar-refractivity contribution in [3.05, 3.63) is 0 Å². The number of nitrogens with two attached hydrogens (primary N) is 1. The van der Waals surface area contributed by atoms with Crippen LogP contribution in [0.5, 0.6) is 0 Å². The van der Waals surface area contributed by atoms with Gasteiger partial charge in [0.2, 0.25) is 5.91 Å². The van der Waals surface area contributed by atoms with Crippen molar-refractivity contribution >= 4 is 5.91 Å². The summed E-state index contributed by atoms with van der Waals surface area (Å²) in [5.41, 5.74) is 5.06. The molecule has 1 unspecified atom stereocenters. The van der Waals surface area contributed by atoms with Crippen LogP contribution in [0.15, 0.2) is 0 Å². The number of likely N-dealkylation sites (tertiary alicyclic amines) is 1. The molecule has 1 fully saturated rings. The summed E-state index contributed by atoms with van der Waals surface area (Å²) in [6.07, 6.45) is 5.31. The minimum atomic E-state index is -0.202. The Morgan fingerprint density at radius 2 is 2.33 bits per heavy atom. The van der Waals surface area contributed by atoms with Gasteiger partial charge in [0, 0.05) is 19.0 Å². The molecule has 1 heterocycles. The Kier molecular flexibility index (Phi) is 5.65. The van der Waals surface area contributed by atoms with E-state index in [2.05, 4.69) is 17.3 Å². The Morgan fingerprint density at radius 3 is 3.00 bits per heavy atom. The van der Waals surface area contributed by atoms with Crippen LogP contribution >= 0.6 is 0 Å². The number of carbonyl (C=O) groups is 1. The molecule has 1 aliphatic rings. The third-order valence-electron chi connectivity index (χ3n) is 3.08. The van der Waals surface area contributed by atoms with Gasteiger partial charge in [-0.05, 0) is 39.4 Å². The molecule has 15 heavy (non-hydrogen) atoms. The molecule has 0 aliphatic carbocycles. The molecule has 1 rings (SSSR count). The van der Waals surface area contributed by atoms with Crippen LogP contribution in [0.1, 0.15) is 32.1 Å². The lowest BCUT2D eigenvalue weighted by atomic mass is 10.0. The first-order valence-electron chi connectivity index (χ1n) is 5.89. The number of nitrogens with zero attached hydrogens (tertiary/aromatic N) is 1. The maximum atomic E-state index is 10.5. The van der Waals surface area contributed by atoms with Crippen molar-refractivity contribution in [3.63, 3.8) is 0 Å². The van der Waals surface area contributed by atoms with E-state index >= 15 is 0 Å². The van der Waals surface area contributed by atoms with Crippen molar-refractivity contribution in [2.75, 3.05) is 26.7 Å². The smallest absolute Gasteiger partial charge is 0.217 e. The largest absolute Gasteiger partial charge is 0.370 e. The molecule has 1 aliphatic heterocycles. The molecule has 1 atom stereocenters. The molecule has 0 aromatic carbocycles. The van der Waals surface area contributed by atoms with Crippen molar-refractivity contribution in [2.24, 2.45) is 5.73 Å². The molecular weight excluding hydrogens is 190 g/mol. The summed E-state index contributed by atoms with van der Waals surface area (Å²) in [7, 11) is 2.19. The fourth-order valence-corrected chi connectivity index (χ4v) is 2.06. The van der Waals surface area contributed by atoms with Gasteiger partial charge in [-0.3, -0.25) is 4.79 Å². The number of carbonyl (C=O) groups excluding carboxylic acids is 1. The highest BCUT2D eigenvalue weighted by Gasteiger charge is 2.17. The summed E-state index contributed by atoms with van der Waals surface area (Å²) >= 11 is 0. The Balaban J connectivity index is 2.01. The first kappa shape index (κ1) is 12.5. The first-order valence-corrected chi connectivity index (χ1v) is 5.89. The SMILES string of the molecule is CN1CCCCC1CNCCCC(N)=O. The number of likely N-dealkylation sites (N-methyl/N-ethyl adjacent to an activating group) is 1. The zero-order valence-electron chi connectivity index (χ0n) is 9.67. The normalized spacial score (nSPS) is 22.9. The van der Waals surface area contributed by atoms with Gasteiger partial charge in [0.1, 0.15) is 0 Å². The fourth-order valence-electron chi connectivity index (χ4n) is 2.06. The lowest BCUT2D eigenvalue weighted by molar-refractivity contribution is -0.118. The Hall–Kier alpha value is -0.610. The lowest BCUT2D eigenvalue weighted by Gasteiger charge is -2.32. The molecule has 1 amide bonds. The second-order valence-electron chi connectivity index (χ2n) is 4.40. The molecule has 0 saturated carbocycles. The second kappa shape index (κ2) is 6.80. The molecule has 88 valence electrons. The summed E-state index contributed by atoms with van der Waals surface area (Å²) in [4.78, 5) is 12.9. The molecular formula is C11H23N3O. The maximum absolute atomic E-state index is 10.5. The molecule has 0 radical (unpaired) electrons. The molecule has 0 bridgehead atoms. The van der Waals surface area contributed by atoms with Crippen LogP contribution in [0.2, 0.25) is 0 Å². The van der Waals surface area contributed by atoms with Gasteiger partial charge in [0.05, 0.1) is 0 Å². The van der Waals surface area contributed by atoms with Gasteiger partial charge < -0.3 is 16.0 Å². The summed E-state index contributed by atoms with van der Waals surface area (Å²) < 4.78 is 0. The number of hydrogen-bond acceptors (Lipinski definition) is 3. The summed E-state index contributed by atoms with van der Waals surface area (Å²) in [6.45, 7) is 3.15. The van der Waals surface area contributed by atoms with Crippen molar-refractivity contribution in [1.29, 1.82) is 0 Å². The highest BCUT2D eigenvalue weighted by atomic mass is 16.1. The zero-order valence-corrected chi connectivity index (χ0v) is 9.67. The van der Waals surface area contributed by atoms with E-state index in [-0.39, 0.29) is 5.91 Å². The predicted molar refractivity (Wildman–Crippen MR) is 61.6 cm³/mol. The van der Waals surface area contributed by atoms with Crippen molar-refractivity contribution in [2.45, 2.75) is 38.1 Å². The topological polar surface area (TPSA) is 58.4 Å². The average molecular weight is 213 g/mol. The number of amides is 1. The maximum Gasteiger partial charge on any atom is 0.217 e. The predicted octanol–water partition coefficient (Wildman–Crippen LogP) is 0.326. The average Bonchev–Trinajstić information content (AvgIpc) is 2.20. The van der Waals surface area contributed by atoms with E-state index in [4.69, 9.17) is 5.73 Å². The third kappa shape index (κ3) is 5.14. The number of hydrogen-bond donors (Lipinski definition) is 2.